The highest BCUT2D eigenvalue weighted by Crippen LogP contribution is 2.23. The van der Waals surface area contributed by atoms with Crippen LogP contribution in [0.4, 0.5) is 10.1 Å². The van der Waals surface area contributed by atoms with E-state index in [1.165, 1.54) is 6.07 Å². The highest BCUT2D eigenvalue weighted by Gasteiger charge is 2.08. The van der Waals surface area contributed by atoms with E-state index in [9.17, 15) is 9.18 Å². The first-order chi connectivity index (χ1) is 8.04. The van der Waals surface area contributed by atoms with Crippen LogP contribution < -0.4 is 15.8 Å². The Balaban J connectivity index is 2.61. The van der Waals surface area contributed by atoms with Gasteiger partial charge in [0.15, 0.2) is 18.2 Å². The van der Waals surface area contributed by atoms with Gasteiger partial charge < -0.3 is 15.8 Å². The zero-order valence-electron chi connectivity index (χ0n) is 9.29. The molecule has 1 amide bonds. The first-order valence-electron chi connectivity index (χ1n) is 4.86. The van der Waals surface area contributed by atoms with Crippen molar-refractivity contribution in [1.82, 2.24) is 5.32 Å². The fourth-order valence-electron chi connectivity index (χ4n) is 1.11. The summed E-state index contributed by atoms with van der Waals surface area (Å²) < 4.78 is 18.3. The third-order valence-electron chi connectivity index (χ3n) is 2.04. The predicted molar refractivity (Wildman–Crippen MR) is 59.7 cm³/mol. The van der Waals surface area contributed by atoms with Crippen LogP contribution in [0.25, 0.3) is 0 Å². The Hall–Kier alpha value is -2.29. The third-order valence-corrected chi connectivity index (χ3v) is 2.04. The van der Waals surface area contributed by atoms with E-state index in [0.717, 1.165) is 6.07 Å². The van der Waals surface area contributed by atoms with Crippen molar-refractivity contribution < 1.29 is 13.9 Å². The van der Waals surface area contributed by atoms with Gasteiger partial charge in [-0.05, 0) is 18.6 Å². The number of carbonyl (C=O) groups excluding carboxylic acids is 1. The number of nitrogen functional groups attached to an aromatic ring is 1. The number of benzene rings is 1. The molecule has 0 heterocycles. The summed E-state index contributed by atoms with van der Waals surface area (Å²) in [5, 5.41) is 10.5. The van der Waals surface area contributed by atoms with Crippen LogP contribution in [0.2, 0.25) is 0 Å². The van der Waals surface area contributed by atoms with Gasteiger partial charge in [-0.3, -0.25) is 4.79 Å². The molecule has 0 saturated heterocycles. The van der Waals surface area contributed by atoms with Crippen LogP contribution in [0.15, 0.2) is 12.1 Å². The second-order valence-corrected chi connectivity index (χ2v) is 3.36. The van der Waals surface area contributed by atoms with E-state index in [0.29, 0.717) is 11.3 Å². The van der Waals surface area contributed by atoms with E-state index in [2.05, 4.69) is 5.32 Å². The average Bonchev–Trinajstić information content (AvgIpc) is 2.29. The number of aryl methyl sites for hydroxylation is 1. The first kappa shape index (κ1) is 12.8. The number of nitriles is 1. The largest absolute Gasteiger partial charge is 0.481 e. The van der Waals surface area contributed by atoms with Gasteiger partial charge in [-0.2, -0.15) is 5.26 Å². The second kappa shape index (κ2) is 5.70. The summed E-state index contributed by atoms with van der Waals surface area (Å²) in [4.78, 5) is 11.1. The highest BCUT2D eigenvalue weighted by molar-refractivity contribution is 5.77. The lowest BCUT2D eigenvalue weighted by Gasteiger charge is -2.09. The summed E-state index contributed by atoms with van der Waals surface area (Å²) in [5.74, 6) is -1.15. The second-order valence-electron chi connectivity index (χ2n) is 3.36. The van der Waals surface area contributed by atoms with Gasteiger partial charge in [0, 0.05) is 11.8 Å². The maximum absolute atomic E-state index is 13.3. The zero-order valence-corrected chi connectivity index (χ0v) is 9.29. The van der Waals surface area contributed by atoms with Gasteiger partial charge in [-0.25, -0.2) is 4.39 Å². The molecule has 0 radical (unpaired) electrons. The number of amides is 1. The quantitative estimate of drug-likeness (QED) is 0.597. The summed E-state index contributed by atoms with van der Waals surface area (Å²) in [6, 6.07) is 4.30. The molecule has 0 aromatic heterocycles. The van der Waals surface area contributed by atoms with Crippen molar-refractivity contribution >= 4 is 11.6 Å². The number of nitrogens with zero attached hydrogens (tertiary/aromatic N) is 1. The summed E-state index contributed by atoms with van der Waals surface area (Å²) in [7, 11) is 0. The number of nitrogens with two attached hydrogens (primary N) is 1. The summed E-state index contributed by atoms with van der Waals surface area (Å²) >= 11 is 0. The molecular formula is C11H12FN3O2. The molecule has 3 N–H and O–H groups in total. The highest BCUT2D eigenvalue weighted by atomic mass is 19.1. The molecule has 0 aliphatic rings. The Morgan fingerprint density at radius 3 is 3.00 bits per heavy atom. The fourth-order valence-corrected chi connectivity index (χ4v) is 1.11. The summed E-state index contributed by atoms with van der Waals surface area (Å²) in [5.41, 5.74) is 6.49. The van der Waals surface area contributed by atoms with Crippen molar-refractivity contribution in [2.24, 2.45) is 0 Å². The molecule has 0 saturated carbocycles. The third kappa shape index (κ3) is 3.65. The van der Waals surface area contributed by atoms with E-state index in [4.69, 9.17) is 15.7 Å². The monoisotopic (exact) mass is 237 g/mol. The van der Waals surface area contributed by atoms with Crippen LogP contribution in [-0.4, -0.2) is 19.1 Å². The maximum atomic E-state index is 13.3. The minimum absolute atomic E-state index is 0.0381. The van der Waals surface area contributed by atoms with Crippen molar-refractivity contribution in [2.45, 2.75) is 6.92 Å². The molecule has 1 rings (SSSR count). The SMILES string of the molecule is Cc1cc(OCC(=O)NCC#N)c(F)cc1N. The molecule has 1 aromatic carbocycles. The normalized spacial score (nSPS) is 9.47. The smallest absolute Gasteiger partial charge is 0.258 e. The number of halogens is 1. The van der Waals surface area contributed by atoms with Crippen LogP contribution in [0.1, 0.15) is 5.56 Å². The standard InChI is InChI=1S/C11H12FN3O2/c1-7-4-10(8(12)5-9(7)14)17-6-11(16)15-3-2-13/h4-5H,3,6,14H2,1H3,(H,15,16). The number of nitrogens with one attached hydrogen (secondary N) is 1. The lowest BCUT2D eigenvalue weighted by molar-refractivity contribution is -0.122. The number of carbonyl (C=O) groups is 1. The minimum Gasteiger partial charge on any atom is -0.481 e. The minimum atomic E-state index is -0.624. The Kier molecular flexibility index (Phi) is 4.29. The number of ether oxygens (including phenoxy) is 1. The van der Waals surface area contributed by atoms with Crippen molar-refractivity contribution in [3.63, 3.8) is 0 Å². The van der Waals surface area contributed by atoms with Crippen molar-refractivity contribution in [2.75, 3.05) is 18.9 Å². The van der Waals surface area contributed by atoms with Crippen LogP contribution in [0, 0.1) is 24.1 Å². The van der Waals surface area contributed by atoms with Gasteiger partial charge >= 0.3 is 0 Å². The zero-order chi connectivity index (χ0) is 12.8. The number of rotatable bonds is 4. The number of anilines is 1. The Bertz CT molecular complexity index is 469. The van der Waals surface area contributed by atoms with Gasteiger partial charge in [-0.1, -0.05) is 0 Å². The lowest BCUT2D eigenvalue weighted by atomic mass is 10.2. The molecule has 17 heavy (non-hydrogen) atoms. The predicted octanol–water partition coefficient (Wildman–Crippen LogP) is 0.735. The van der Waals surface area contributed by atoms with Crippen molar-refractivity contribution in [3.8, 4) is 11.8 Å². The van der Waals surface area contributed by atoms with E-state index in [1.807, 2.05) is 0 Å². The molecule has 0 bridgehead atoms. The van der Waals surface area contributed by atoms with E-state index >= 15 is 0 Å². The van der Waals surface area contributed by atoms with Gasteiger partial charge in [0.2, 0.25) is 0 Å². The molecule has 5 nitrogen and oxygen atoms in total. The Morgan fingerprint density at radius 2 is 2.35 bits per heavy atom. The molecule has 90 valence electrons. The van der Waals surface area contributed by atoms with Gasteiger partial charge in [0.05, 0.1) is 6.07 Å². The maximum Gasteiger partial charge on any atom is 0.258 e. The molecule has 0 spiro atoms. The molecule has 0 atom stereocenters. The van der Waals surface area contributed by atoms with Gasteiger partial charge in [-0.15, -0.1) is 0 Å². The average molecular weight is 237 g/mol. The Labute approximate surface area is 98.0 Å². The van der Waals surface area contributed by atoms with Crippen LogP contribution in [0.5, 0.6) is 5.75 Å². The van der Waals surface area contributed by atoms with Crippen LogP contribution >= 0.6 is 0 Å². The molecule has 0 unspecified atom stereocenters. The van der Waals surface area contributed by atoms with Crippen LogP contribution in [-0.2, 0) is 4.79 Å². The van der Waals surface area contributed by atoms with E-state index in [-0.39, 0.29) is 18.9 Å². The first-order valence-corrected chi connectivity index (χ1v) is 4.86. The summed E-state index contributed by atoms with van der Waals surface area (Å²) in [6.45, 7) is 1.25. The van der Waals surface area contributed by atoms with Crippen molar-refractivity contribution in [3.05, 3.63) is 23.5 Å². The molecule has 6 heteroatoms. The molecule has 0 aliphatic heterocycles. The molecule has 1 aromatic rings. The van der Waals surface area contributed by atoms with E-state index < -0.39 is 11.7 Å². The lowest BCUT2D eigenvalue weighted by Crippen LogP contribution is -2.29. The molecule has 0 aliphatic carbocycles. The number of hydrogen-bond acceptors (Lipinski definition) is 4. The molecule has 0 fully saturated rings. The van der Waals surface area contributed by atoms with Gasteiger partial charge in [0.1, 0.15) is 6.54 Å². The summed E-state index contributed by atoms with van der Waals surface area (Å²) in [6.07, 6.45) is 0. The van der Waals surface area contributed by atoms with E-state index in [1.54, 1.807) is 13.0 Å². The van der Waals surface area contributed by atoms with Gasteiger partial charge in [0.25, 0.3) is 5.91 Å². The fraction of sp³-hybridized carbons (Fsp3) is 0.273. The number of hydrogen-bond donors (Lipinski definition) is 2. The topological polar surface area (TPSA) is 88.1 Å². The van der Waals surface area contributed by atoms with Crippen LogP contribution in [0.3, 0.4) is 0 Å². The molecular weight excluding hydrogens is 225 g/mol. The Morgan fingerprint density at radius 1 is 1.65 bits per heavy atom. The van der Waals surface area contributed by atoms with Crippen molar-refractivity contribution in [1.29, 1.82) is 5.26 Å².